The summed E-state index contributed by atoms with van der Waals surface area (Å²) in [4.78, 5) is 6.58. The lowest BCUT2D eigenvalue weighted by Gasteiger charge is -2.28. The number of anilines is 2. The second-order valence-corrected chi connectivity index (χ2v) is 3.94. The van der Waals surface area contributed by atoms with Crippen LogP contribution in [0.25, 0.3) is 0 Å². The molecule has 0 aliphatic carbocycles. The van der Waals surface area contributed by atoms with Crippen LogP contribution in [0.2, 0.25) is 0 Å². The molecule has 1 fully saturated rings. The molecule has 14 heavy (non-hydrogen) atoms. The number of rotatable bonds is 1. The van der Waals surface area contributed by atoms with Crippen molar-refractivity contribution in [2.24, 2.45) is 0 Å². The van der Waals surface area contributed by atoms with Gasteiger partial charge in [-0.1, -0.05) is 0 Å². The lowest BCUT2D eigenvalue weighted by molar-refractivity contribution is 0.577. The Balaban J connectivity index is 2.18. The Morgan fingerprint density at radius 2 is 2.00 bits per heavy atom. The number of aryl methyl sites for hydroxylation is 1. The van der Waals surface area contributed by atoms with Gasteiger partial charge in [0.05, 0.1) is 11.9 Å². The van der Waals surface area contributed by atoms with E-state index in [0.717, 1.165) is 18.7 Å². The van der Waals surface area contributed by atoms with Gasteiger partial charge in [0.2, 0.25) is 0 Å². The third-order valence-electron chi connectivity index (χ3n) is 2.83. The molecule has 0 radical (unpaired) electrons. The van der Waals surface area contributed by atoms with Crippen LogP contribution in [0.4, 0.5) is 11.5 Å². The van der Waals surface area contributed by atoms with Crippen LogP contribution in [0.1, 0.15) is 24.8 Å². The molecular weight excluding hydrogens is 174 g/mol. The fourth-order valence-electron chi connectivity index (χ4n) is 1.90. The van der Waals surface area contributed by atoms with Crippen LogP contribution in [0, 0.1) is 6.92 Å². The molecule has 0 spiro atoms. The molecule has 0 unspecified atom stereocenters. The maximum absolute atomic E-state index is 5.69. The van der Waals surface area contributed by atoms with Gasteiger partial charge in [-0.05, 0) is 37.8 Å². The average molecular weight is 191 g/mol. The summed E-state index contributed by atoms with van der Waals surface area (Å²) >= 11 is 0. The van der Waals surface area contributed by atoms with Crippen LogP contribution in [-0.2, 0) is 0 Å². The van der Waals surface area contributed by atoms with Gasteiger partial charge in [-0.2, -0.15) is 0 Å². The van der Waals surface area contributed by atoms with Gasteiger partial charge in [-0.25, -0.2) is 4.98 Å². The van der Waals surface area contributed by atoms with Crippen molar-refractivity contribution >= 4 is 11.5 Å². The molecular formula is C11H17N3. The number of hydrogen-bond donors (Lipinski definition) is 1. The van der Waals surface area contributed by atoms with E-state index in [1.165, 1.54) is 24.9 Å². The number of hydrogen-bond acceptors (Lipinski definition) is 3. The quantitative estimate of drug-likeness (QED) is 0.738. The Kier molecular flexibility index (Phi) is 2.57. The fourth-order valence-corrected chi connectivity index (χ4v) is 1.90. The first kappa shape index (κ1) is 9.31. The molecule has 1 aliphatic heterocycles. The Morgan fingerprint density at radius 1 is 1.29 bits per heavy atom. The van der Waals surface area contributed by atoms with Crippen LogP contribution in [-0.4, -0.2) is 18.1 Å². The normalized spacial score (nSPS) is 17.1. The molecule has 0 amide bonds. The maximum Gasteiger partial charge on any atom is 0.126 e. The Labute approximate surface area is 84.9 Å². The minimum absolute atomic E-state index is 0.644. The highest BCUT2D eigenvalue weighted by Crippen LogP contribution is 2.21. The molecule has 1 aromatic rings. The summed E-state index contributed by atoms with van der Waals surface area (Å²) in [5, 5.41) is 0. The molecule has 2 N–H and O–H groups in total. The Morgan fingerprint density at radius 3 is 2.64 bits per heavy atom. The summed E-state index contributed by atoms with van der Waals surface area (Å²) in [5.41, 5.74) is 7.98. The predicted molar refractivity (Wildman–Crippen MR) is 59.5 cm³/mol. The topological polar surface area (TPSA) is 42.2 Å². The van der Waals surface area contributed by atoms with E-state index in [1.807, 2.05) is 13.1 Å². The minimum Gasteiger partial charge on any atom is -0.383 e. The molecule has 3 nitrogen and oxygen atoms in total. The third kappa shape index (κ3) is 1.81. The molecule has 76 valence electrons. The lowest BCUT2D eigenvalue weighted by atomic mass is 10.1. The second kappa shape index (κ2) is 3.86. The molecule has 1 saturated heterocycles. The van der Waals surface area contributed by atoms with Crippen molar-refractivity contribution in [2.45, 2.75) is 26.2 Å². The first-order valence-electron chi connectivity index (χ1n) is 5.24. The van der Waals surface area contributed by atoms with Gasteiger partial charge in [0, 0.05) is 13.1 Å². The van der Waals surface area contributed by atoms with Crippen molar-refractivity contribution in [1.29, 1.82) is 0 Å². The van der Waals surface area contributed by atoms with E-state index in [2.05, 4.69) is 16.0 Å². The van der Waals surface area contributed by atoms with E-state index in [4.69, 9.17) is 5.73 Å². The van der Waals surface area contributed by atoms with Gasteiger partial charge in [0.1, 0.15) is 5.82 Å². The van der Waals surface area contributed by atoms with Crippen molar-refractivity contribution in [3.63, 3.8) is 0 Å². The SMILES string of the molecule is Cc1cc(N2CCCCC2)cnc1N. The first-order chi connectivity index (χ1) is 6.77. The molecule has 1 aliphatic rings. The molecule has 0 bridgehead atoms. The molecule has 0 aromatic carbocycles. The zero-order chi connectivity index (χ0) is 9.97. The summed E-state index contributed by atoms with van der Waals surface area (Å²) in [6.07, 6.45) is 5.83. The van der Waals surface area contributed by atoms with Crippen molar-refractivity contribution < 1.29 is 0 Å². The van der Waals surface area contributed by atoms with E-state index in [1.54, 1.807) is 0 Å². The van der Waals surface area contributed by atoms with Crippen molar-refractivity contribution in [3.8, 4) is 0 Å². The zero-order valence-electron chi connectivity index (χ0n) is 8.66. The van der Waals surface area contributed by atoms with E-state index in [0.29, 0.717) is 5.82 Å². The number of nitrogen functional groups attached to an aromatic ring is 1. The van der Waals surface area contributed by atoms with E-state index >= 15 is 0 Å². The van der Waals surface area contributed by atoms with Gasteiger partial charge in [-0.3, -0.25) is 0 Å². The Bertz CT molecular complexity index is 316. The zero-order valence-corrected chi connectivity index (χ0v) is 8.66. The number of nitrogens with zero attached hydrogens (tertiary/aromatic N) is 2. The molecule has 0 atom stereocenters. The Hall–Kier alpha value is -1.25. The van der Waals surface area contributed by atoms with Crippen molar-refractivity contribution in [2.75, 3.05) is 23.7 Å². The number of nitrogens with two attached hydrogens (primary N) is 1. The summed E-state index contributed by atoms with van der Waals surface area (Å²) in [6, 6.07) is 2.13. The number of pyridine rings is 1. The third-order valence-corrected chi connectivity index (χ3v) is 2.83. The van der Waals surface area contributed by atoms with Gasteiger partial charge >= 0.3 is 0 Å². The van der Waals surface area contributed by atoms with Gasteiger partial charge in [0.25, 0.3) is 0 Å². The van der Waals surface area contributed by atoms with Gasteiger partial charge in [-0.15, -0.1) is 0 Å². The fraction of sp³-hybridized carbons (Fsp3) is 0.545. The maximum atomic E-state index is 5.69. The van der Waals surface area contributed by atoms with Crippen molar-refractivity contribution in [1.82, 2.24) is 4.98 Å². The molecule has 3 heteroatoms. The average Bonchev–Trinajstić information content (AvgIpc) is 2.23. The van der Waals surface area contributed by atoms with E-state index in [9.17, 15) is 0 Å². The number of aromatic nitrogens is 1. The molecule has 2 rings (SSSR count). The van der Waals surface area contributed by atoms with Crippen LogP contribution < -0.4 is 10.6 Å². The van der Waals surface area contributed by atoms with Crippen LogP contribution in [0.15, 0.2) is 12.3 Å². The molecule has 0 saturated carbocycles. The van der Waals surface area contributed by atoms with E-state index < -0.39 is 0 Å². The summed E-state index contributed by atoms with van der Waals surface area (Å²) < 4.78 is 0. The highest BCUT2D eigenvalue weighted by Gasteiger charge is 2.11. The predicted octanol–water partition coefficient (Wildman–Crippen LogP) is 1.96. The summed E-state index contributed by atoms with van der Waals surface area (Å²) in [7, 11) is 0. The highest BCUT2D eigenvalue weighted by atomic mass is 15.1. The monoisotopic (exact) mass is 191 g/mol. The minimum atomic E-state index is 0.644. The lowest BCUT2D eigenvalue weighted by Crippen LogP contribution is -2.29. The van der Waals surface area contributed by atoms with Crippen LogP contribution >= 0.6 is 0 Å². The van der Waals surface area contributed by atoms with E-state index in [-0.39, 0.29) is 0 Å². The standard InChI is InChI=1S/C11H17N3/c1-9-7-10(8-13-11(9)12)14-5-3-2-4-6-14/h7-8H,2-6H2,1H3,(H2,12,13). The highest BCUT2D eigenvalue weighted by molar-refractivity contribution is 5.52. The van der Waals surface area contributed by atoms with Crippen LogP contribution in [0.5, 0.6) is 0 Å². The molecule has 1 aromatic heterocycles. The largest absolute Gasteiger partial charge is 0.383 e. The smallest absolute Gasteiger partial charge is 0.126 e. The second-order valence-electron chi connectivity index (χ2n) is 3.94. The summed E-state index contributed by atoms with van der Waals surface area (Å²) in [5.74, 6) is 0.644. The van der Waals surface area contributed by atoms with Gasteiger partial charge < -0.3 is 10.6 Å². The molecule has 2 heterocycles. The van der Waals surface area contributed by atoms with Crippen molar-refractivity contribution in [3.05, 3.63) is 17.8 Å². The first-order valence-corrected chi connectivity index (χ1v) is 5.24. The van der Waals surface area contributed by atoms with Gasteiger partial charge in [0.15, 0.2) is 0 Å². The number of piperidine rings is 1. The summed E-state index contributed by atoms with van der Waals surface area (Å²) in [6.45, 7) is 4.33. The van der Waals surface area contributed by atoms with Crippen LogP contribution in [0.3, 0.4) is 0 Å².